The summed E-state index contributed by atoms with van der Waals surface area (Å²) < 4.78 is 27.0. The van der Waals surface area contributed by atoms with E-state index in [0.717, 1.165) is 35.8 Å². The molecule has 162 valence electrons. The number of para-hydroxylation sites is 1. The Morgan fingerprint density at radius 3 is 2.77 bits per heavy atom. The Bertz CT molecular complexity index is 1240. The maximum Gasteiger partial charge on any atom is 0.232 e. The Labute approximate surface area is 182 Å². The number of nitrogens with zero attached hydrogens (tertiary/aromatic N) is 4. The summed E-state index contributed by atoms with van der Waals surface area (Å²) in [6.07, 6.45) is 2.41. The van der Waals surface area contributed by atoms with Crippen LogP contribution in [0.1, 0.15) is 31.7 Å². The second kappa shape index (κ2) is 8.86. The molecule has 0 saturated carbocycles. The molecule has 0 atom stereocenters. The quantitative estimate of drug-likeness (QED) is 0.737. The molecule has 0 spiro atoms. The largest absolute Gasteiger partial charge is 0.377 e. The molecule has 2 aliphatic rings. The van der Waals surface area contributed by atoms with Crippen LogP contribution in [0.3, 0.4) is 0 Å². The van der Waals surface area contributed by atoms with Gasteiger partial charge in [0.1, 0.15) is 18.3 Å². The van der Waals surface area contributed by atoms with Crippen molar-refractivity contribution in [3.05, 3.63) is 58.6 Å². The summed E-state index contributed by atoms with van der Waals surface area (Å²) in [5, 5.41) is 13.5. The molecule has 1 fully saturated rings. The molecule has 0 bridgehead atoms. The molecule has 0 aromatic heterocycles. The normalized spacial score (nSPS) is 15.8. The van der Waals surface area contributed by atoms with Crippen LogP contribution in [-0.4, -0.2) is 43.9 Å². The van der Waals surface area contributed by atoms with Gasteiger partial charge in [-0.05, 0) is 43.5 Å². The second-order valence-electron chi connectivity index (χ2n) is 7.52. The summed E-state index contributed by atoms with van der Waals surface area (Å²) in [5.74, 6) is 1.22. The molecule has 0 aliphatic carbocycles. The predicted octanol–water partition coefficient (Wildman–Crippen LogP) is 1.76. The Morgan fingerprint density at radius 1 is 1.16 bits per heavy atom. The number of hydrogen-bond acceptors (Lipinski definition) is 7. The summed E-state index contributed by atoms with van der Waals surface area (Å²) in [7, 11) is -3.53. The lowest BCUT2D eigenvalue weighted by molar-refractivity contribution is -0.0101. The minimum absolute atomic E-state index is 0.0117. The maximum absolute atomic E-state index is 12.2. The van der Waals surface area contributed by atoms with Crippen LogP contribution >= 0.6 is 0 Å². The van der Waals surface area contributed by atoms with Crippen LogP contribution in [0.4, 0.5) is 5.69 Å². The molecular weight excluding hydrogens is 414 g/mol. The molecule has 2 aromatic carbocycles. The van der Waals surface area contributed by atoms with E-state index in [4.69, 9.17) is 4.84 Å². The molecule has 31 heavy (non-hydrogen) atoms. The first-order valence-electron chi connectivity index (χ1n) is 10.4. The summed E-state index contributed by atoms with van der Waals surface area (Å²) in [6, 6.07) is 15.0. The summed E-state index contributed by atoms with van der Waals surface area (Å²) in [4.78, 5) is 13.1. The lowest BCUT2D eigenvalue weighted by Gasteiger charge is -2.33. The van der Waals surface area contributed by atoms with Crippen molar-refractivity contribution in [2.75, 3.05) is 30.2 Å². The molecule has 8 nitrogen and oxygen atoms in total. The summed E-state index contributed by atoms with van der Waals surface area (Å²) in [5.41, 5.74) is 0.386. The van der Waals surface area contributed by atoms with Gasteiger partial charge in [-0.25, -0.2) is 8.42 Å². The van der Waals surface area contributed by atoms with Crippen molar-refractivity contribution in [2.24, 2.45) is 4.99 Å². The van der Waals surface area contributed by atoms with Crippen molar-refractivity contribution in [1.29, 1.82) is 5.26 Å². The van der Waals surface area contributed by atoms with Crippen molar-refractivity contribution in [1.82, 2.24) is 9.96 Å². The third-order valence-electron chi connectivity index (χ3n) is 5.22. The molecule has 1 saturated heterocycles. The SMILES string of the molecule is CCCS(=O)(=O)Nc1cccc(ON2CCCCN3CN=c4ccccc4=C32)c1C#N. The average Bonchev–Trinajstić information content (AvgIpc) is 2.96. The smallest absolute Gasteiger partial charge is 0.232 e. The van der Waals surface area contributed by atoms with Gasteiger partial charge in [-0.15, -0.1) is 0 Å². The zero-order valence-corrected chi connectivity index (χ0v) is 18.2. The Balaban J connectivity index is 1.74. The monoisotopic (exact) mass is 439 g/mol. The fraction of sp³-hybridized carbons (Fsp3) is 0.364. The standard InChI is InChI=1S/C22H25N5O3S/c1-2-14-31(28,29)25-20-10-7-11-21(18(20)15-23)30-27-13-6-5-12-26-16-24-19-9-4-3-8-17(19)22(26)27/h3-4,7-11,25H,2,5-6,12-14,16H2,1H3. The van der Waals surface area contributed by atoms with Crippen LogP contribution in [0.15, 0.2) is 47.5 Å². The van der Waals surface area contributed by atoms with Gasteiger partial charge in [-0.1, -0.05) is 25.1 Å². The lowest BCUT2D eigenvalue weighted by atomic mass is 10.2. The number of sulfonamides is 1. The third kappa shape index (κ3) is 4.44. The number of nitrogens with one attached hydrogen (secondary N) is 1. The van der Waals surface area contributed by atoms with E-state index < -0.39 is 10.0 Å². The van der Waals surface area contributed by atoms with Crippen LogP contribution in [0.2, 0.25) is 0 Å². The number of hydroxylamine groups is 2. The molecule has 2 aromatic rings. The van der Waals surface area contributed by atoms with E-state index in [1.54, 1.807) is 30.2 Å². The molecule has 4 rings (SSSR count). The van der Waals surface area contributed by atoms with Gasteiger partial charge in [-0.2, -0.15) is 10.3 Å². The first kappa shape index (κ1) is 21.0. The minimum atomic E-state index is -3.53. The summed E-state index contributed by atoms with van der Waals surface area (Å²) in [6.45, 7) is 3.86. The first-order chi connectivity index (χ1) is 15.0. The number of fused-ring (bicyclic) bond motifs is 2. The van der Waals surface area contributed by atoms with Gasteiger partial charge < -0.3 is 9.74 Å². The minimum Gasteiger partial charge on any atom is -0.377 e. The average molecular weight is 440 g/mol. The molecule has 0 amide bonds. The fourth-order valence-electron chi connectivity index (χ4n) is 3.83. The zero-order chi connectivity index (χ0) is 21.8. The van der Waals surface area contributed by atoms with Crippen LogP contribution in [0, 0.1) is 11.3 Å². The molecule has 2 heterocycles. The highest BCUT2D eigenvalue weighted by Crippen LogP contribution is 2.29. The Hall–Kier alpha value is -3.25. The number of hydrogen-bond donors (Lipinski definition) is 1. The predicted molar refractivity (Wildman–Crippen MR) is 118 cm³/mol. The first-order valence-corrected chi connectivity index (χ1v) is 12.1. The van der Waals surface area contributed by atoms with E-state index in [1.807, 2.05) is 24.3 Å². The van der Waals surface area contributed by atoms with E-state index in [1.165, 1.54) is 0 Å². The van der Waals surface area contributed by atoms with Gasteiger partial charge in [0.05, 0.1) is 23.3 Å². The van der Waals surface area contributed by atoms with Gasteiger partial charge >= 0.3 is 0 Å². The fourth-order valence-corrected chi connectivity index (χ4v) is 4.98. The van der Waals surface area contributed by atoms with Crippen molar-refractivity contribution in [3.8, 4) is 11.8 Å². The Kier molecular flexibility index (Phi) is 6.00. The lowest BCUT2D eigenvalue weighted by Crippen LogP contribution is -2.47. The zero-order valence-electron chi connectivity index (χ0n) is 17.4. The van der Waals surface area contributed by atoms with Crippen LogP contribution in [0.5, 0.6) is 5.75 Å². The molecule has 0 radical (unpaired) electrons. The number of benzene rings is 2. The maximum atomic E-state index is 12.2. The molecule has 0 unspecified atom stereocenters. The highest BCUT2D eigenvalue weighted by atomic mass is 32.2. The van der Waals surface area contributed by atoms with Crippen LogP contribution < -0.4 is 20.1 Å². The topological polar surface area (TPSA) is 98.0 Å². The van der Waals surface area contributed by atoms with E-state index in [9.17, 15) is 13.7 Å². The Morgan fingerprint density at radius 2 is 1.97 bits per heavy atom. The van der Waals surface area contributed by atoms with Crippen molar-refractivity contribution in [3.63, 3.8) is 0 Å². The van der Waals surface area contributed by atoms with E-state index in [0.29, 0.717) is 25.4 Å². The van der Waals surface area contributed by atoms with Gasteiger partial charge in [0.2, 0.25) is 10.0 Å². The molecular formula is C22H25N5O3S. The van der Waals surface area contributed by atoms with Gasteiger partial charge in [-0.3, -0.25) is 9.71 Å². The molecule has 1 N–H and O–H groups in total. The van der Waals surface area contributed by atoms with Gasteiger partial charge in [0.15, 0.2) is 11.6 Å². The van der Waals surface area contributed by atoms with Crippen molar-refractivity contribution >= 4 is 21.5 Å². The van der Waals surface area contributed by atoms with E-state index in [2.05, 4.69) is 20.7 Å². The van der Waals surface area contributed by atoms with Gasteiger partial charge in [0, 0.05) is 11.8 Å². The molecule has 2 aliphatic heterocycles. The van der Waals surface area contributed by atoms with Crippen molar-refractivity contribution in [2.45, 2.75) is 26.2 Å². The van der Waals surface area contributed by atoms with E-state index in [-0.39, 0.29) is 17.0 Å². The third-order valence-corrected chi connectivity index (χ3v) is 6.69. The highest BCUT2D eigenvalue weighted by Gasteiger charge is 2.26. The number of anilines is 1. The number of rotatable bonds is 6. The van der Waals surface area contributed by atoms with Crippen LogP contribution in [0.25, 0.3) is 5.82 Å². The summed E-state index contributed by atoms with van der Waals surface area (Å²) >= 11 is 0. The highest BCUT2D eigenvalue weighted by molar-refractivity contribution is 7.92. The molecule has 9 heteroatoms. The van der Waals surface area contributed by atoms with Crippen LogP contribution in [-0.2, 0) is 10.0 Å². The van der Waals surface area contributed by atoms with Gasteiger partial charge in [0.25, 0.3) is 0 Å². The van der Waals surface area contributed by atoms with E-state index >= 15 is 0 Å². The second-order valence-corrected chi connectivity index (χ2v) is 9.36. The number of nitriles is 1. The van der Waals surface area contributed by atoms with Crippen molar-refractivity contribution < 1.29 is 13.3 Å².